The first-order valence-electron chi connectivity index (χ1n) is 7.44. The quantitative estimate of drug-likeness (QED) is 0.596. The van der Waals surface area contributed by atoms with Crippen molar-refractivity contribution in [3.63, 3.8) is 0 Å². The van der Waals surface area contributed by atoms with Gasteiger partial charge in [-0.1, -0.05) is 18.8 Å². The maximum Gasteiger partial charge on any atom is 0.0601 e. The van der Waals surface area contributed by atoms with Crippen molar-refractivity contribution < 1.29 is 0 Å². The Bertz CT molecular complexity index is 272. The van der Waals surface area contributed by atoms with Gasteiger partial charge in [-0.3, -0.25) is 4.90 Å². The number of hydrogen-bond acceptors (Lipinski definition) is 2. The average molecular weight is 250 g/mol. The van der Waals surface area contributed by atoms with Crippen molar-refractivity contribution in [3.8, 4) is 11.8 Å². The summed E-state index contributed by atoms with van der Waals surface area (Å²) >= 11 is 0. The van der Waals surface area contributed by atoms with Crippen molar-refractivity contribution in [1.82, 2.24) is 10.2 Å². The molecule has 2 heteroatoms. The minimum absolute atomic E-state index is 0.141. The van der Waals surface area contributed by atoms with E-state index in [0.29, 0.717) is 0 Å². The summed E-state index contributed by atoms with van der Waals surface area (Å²) in [5.74, 6) is 7.52. The van der Waals surface area contributed by atoms with Crippen LogP contribution >= 0.6 is 0 Å². The summed E-state index contributed by atoms with van der Waals surface area (Å²) in [7, 11) is 0. The normalized spacial score (nSPS) is 18.4. The predicted molar refractivity (Wildman–Crippen MR) is 79.6 cm³/mol. The van der Waals surface area contributed by atoms with Crippen LogP contribution in [0, 0.1) is 23.2 Å². The van der Waals surface area contributed by atoms with Gasteiger partial charge in [-0.05, 0) is 72.1 Å². The average Bonchev–Trinajstić information content (AvgIpc) is 2.30. The third-order valence-corrected chi connectivity index (χ3v) is 3.33. The van der Waals surface area contributed by atoms with Crippen molar-refractivity contribution in [3.05, 3.63) is 0 Å². The topological polar surface area (TPSA) is 15.3 Å². The fourth-order valence-corrected chi connectivity index (χ4v) is 2.25. The van der Waals surface area contributed by atoms with Gasteiger partial charge >= 0.3 is 0 Å². The molecular weight excluding hydrogens is 220 g/mol. The third-order valence-electron chi connectivity index (χ3n) is 3.33. The number of rotatable bonds is 5. The Morgan fingerprint density at radius 3 is 2.44 bits per heavy atom. The van der Waals surface area contributed by atoms with Crippen LogP contribution in [0.1, 0.15) is 47.0 Å². The van der Waals surface area contributed by atoms with Gasteiger partial charge in [-0.2, -0.15) is 0 Å². The van der Waals surface area contributed by atoms with E-state index in [4.69, 9.17) is 0 Å². The first kappa shape index (κ1) is 15.5. The maximum atomic E-state index is 3.54. The molecule has 0 radical (unpaired) electrons. The Hall–Kier alpha value is -0.520. The summed E-state index contributed by atoms with van der Waals surface area (Å²) in [6, 6.07) is 0. The van der Waals surface area contributed by atoms with Gasteiger partial charge in [0.15, 0.2) is 0 Å². The van der Waals surface area contributed by atoms with Crippen LogP contribution in [0.4, 0.5) is 0 Å². The molecule has 18 heavy (non-hydrogen) atoms. The molecule has 0 aromatic rings. The van der Waals surface area contributed by atoms with Crippen LogP contribution in [-0.2, 0) is 0 Å². The molecule has 0 saturated carbocycles. The molecule has 0 aliphatic carbocycles. The second kappa shape index (κ2) is 7.81. The lowest BCUT2D eigenvalue weighted by atomic mass is 9.96. The Kier molecular flexibility index (Phi) is 6.75. The van der Waals surface area contributed by atoms with Crippen LogP contribution in [-0.4, -0.2) is 37.6 Å². The maximum absolute atomic E-state index is 3.54. The smallest absolute Gasteiger partial charge is 0.0601 e. The Balaban J connectivity index is 2.17. The van der Waals surface area contributed by atoms with E-state index in [9.17, 15) is 0 Å². The largest absolute Gasteiger partial charge is 0.316 e. The molecule has 2 nitrogen and oxygen atoms in total. The van der Waals surface area contributed by atoms with Crippen molar-refractivity contribution in [2.45, 2.75) is 47.0 Å². The van der Waals surface area contributed by atoms with Crippen LogP contribution in [0.25, 0.3) is 0 Å². The first-order chi connectivity index (χ1) is 8.51. The summed E-state index contributed by atoms with van der Waals surface area (Å²) in [5, 5.41) is 3.54. The van der Waals surface area contributed by atoms with Gasteiger partial charge in [-0.25, -0.2) is 0 Å². The predicted octanol–water partition coefficient (Wildman–Crippen LogP) is 2.75. The zero-order valence-corrected chi connectivity index (χ0v) is 12.7. The van der Waals surface area contributed by atoms with E-state index in [1.807, 2.05) is 0 Å². The van der Waals surface area contributed by atoms with Crippen molar-refractivity contribution >= 4 is 0 Å². The summed E-state index contributed by atoms with van der Waals surface area (Å²) in [5.41, 5.74) is 0.141. The van der Waals surface area contributed by atoms with E-state index in [0.717, 1.165) is 19.0 Å². The van der Waals surface area contributed by atoms with Crippen LogP contribution in [0.5, 0.6) is 0 Å². The van der Waals surface area contributed by atoms with Gasteiger partial charge in [0.1, 0.15) is 0 Å². The molecule has 0 spiro atoms. The number of nitrogens with one attached hydrogen (secondary N) is 1. The second-order valence-electron chi connectivity index (χ2n) is 6.48. The highest BCUT2D eigenvalue weighted by Gasteiger charge is 2.17. The van der Waals surface area contributed by atoms with E-state index < -0.39 is 0 Å². The van der Waals surface area contributed by atoms with Gasteiger partial charge in [0.05, 0.1) is 6.54 Å². The molecule has 0 aromatic carbocycles. The molecule has 104 valence electrons. The minimum atomic E-state index is 0.141. The number of nitrogens with zero attached hydrogens (tertiary/aromatic N) is 1. The van der Waals surface area contributed by atoms with E-state index in [-0.39, 0.29) is 5.41 Å². The molecule has 1 rings (SSSR count). The van der Waals surface area contributed by atoms with Crippen molar-refractivity contribution in [1.29, 1.82) is 0 Å². The highest BCUT2D eigenvalue weighted by molar-refractivity contribution is 5.08. The lowest BCUT2D eigenvalue weighted by molar-refractivity contribution is 0.200. The molecule has 1 heterocycles. The zero-order valence-electron chi connectivity index (χ0n) is 12.7. The highest BCUT2D eigenvalue weighted by atomic mass is 15.1. The summed E-state index contributed by atoms with van der Waals surface area (Å²) < 4.78 is 0. The lowest BCUT2D eigenvalue weighted by Gasteiger charge is -2.30. The van der Waals surface area contributed by atoms with Gasteiger partial charge in [0, 0.05) is 5.41 Å². The molecule has 1 N–H and O–H groups in total. The Morgan fingerprint density at radius 1 is 1.22 bits per heavy atom. The molecule has 0 aromatic heterocycles. The molecule has 1 aliphatic heterocycles. The van der Waals surface area contributed by atoms with Gasteiger partial charge < -0.3 is 5.32 Å². The number of piperidine rings is 1. The molecule has 0 amide bonds. The van der Waals surface area contributed by atoms with E-state index >= 15 is 0 Å². The number of hydrogen-bond donors (Lipinski definition) is 1. The van der Waals surface area contributed by atoms with Crippen molar-refractivity contribution in [2.75, 3.05) is 32.7 Å². The molecule has 1 aliphatic rings. The Morgan fingerprint density at radius 2 is 1.89 bits per heavy atom. The van der Waals surface area contributed by atoms with E-state index in [1.54, 1.807) is 0 Å². The van der Waals surface area contributed by atoms with Gasteiger partial charge in [0.2, 0.25) is 0 Å². The third kappa shape index (κ3) is 7.03. The first-order valence-corrected chi connectivity index (χ1v) is 7.44. The van der Waals surface area contributed by atoms with Crippen LogP contribution in [0.15, 0.2) is 0 Å². The van der Waals surface area contributed by atoms with Crippen LogP contribution in [0.2, 0.25) is 0 Å². The van der Waals surface area contributed by atoms with Gasteiger partial charge in [-0.15, -0.1) is 0 Å². The molecular formula is C16H30N2. The monoisotopic (exact) mass is 250 g/mol. The SMILES string of the molecule is CCCNCC1CCN(CC#CC(C)(C)C)CC1. The van der Waals surface area contributed by atoms with Gasteiger partial charge in [0.25, 0.3) is 0 Å². The summed E-state index contributed by atoms with van der Waals surface area (Å²) in [6.07, 6.45) is 3.89. The van der Waals surface area contributed by atoms with Crippen LogP contribution in [0.3, 0.4) is 0 Å². The Labute approximate surface area is 114 Å². The fraction of sp³-hybridized carbons (Fsp3) is 0.875. The molecule has 0 bridgehead atoms. The molecule has 1 fully saturated rings. The zero-order chi connectivity index (χ0) is 13.4. The highest BCUT2D eigenvalue weighted by Crippen LogP contribution is 2.16. The molecule has 1 saturated heterocycles. The van der Waals surface area contributed by atoms with E-state index in [2.05, 4.69) is 49.8 Å². The minimum Gasteiger partial charge on any atom is -0.316 e. The number of likely N-dealkylation sites (tertiary alicyclic amines) is 1. The summed E-state index contributed by atoms with van der Waals surface area (Å²) in [6.45, 7) is 14.5. The lowest BCUT2D eigenvalue weighted by Crippen LogP contribution is -2.37. The molecule has 0 atom stereocenters. The van der Waals surface area contributed by atoms with E-state index in [1.165, 1.54) is 38.9 Å². The molecule has 0 unspecified atom stereocenters. The second-order valence-corrected chi connectivity index (χ2v) is 6.48. The van der Waals surface area contributed by atoms with Crippen molar-refractivity contribution in [2.24, 2.45) is 11.3 Å². The van der Waals surface area contributed by atoms with Crippen LogP contribution < -0.4 is 5.32 Å². The summed E-state index contributed by atoms with van der Waals surface area (Å²) in [4.78, 5) is 2.50. The standard InChI is InChI=1S/C16H30N2/c1-5-10-17-14-15-7-12-18(13-8-15)11-6-9-16(2,3)4/h15,17H,5,7-8,10-14H2,1-4H3. The fourth-order valence-electron chi connectivity index (χ4n) is 2.25.